The van der Waals surface area contributed by atoms with Gasteiger partial charge in [-0.15, -0.1) is 0 Å². The van der Waals surface area contributed by atoms with E-state index in [9.17, 15) is 0 Å². The van der Waals surface area contributed by atoms with Crippen LogP contribution in [0.5, 0.6) is 0 Å². The van der Waals surface area contributed by atoms with E-state index in [0.29, 0.717) is 30.2 Å². The lowest BCUT2D eigenvalue weighted by Crippen LogP contribution is -2.59. The first-order valence-electron chi connectivity index (χ1n) is 14.7. The van der Waals surface area contributed by atoms with Gasteiger partial charge in [-0.2, -0.15) is 0 Å². The Bertz CT molecular complexity index is 495. The molecule has 2 heterocycles. The van der Waals surface area contributed by atoms with Crippen molar-refractivity contribution in [1.29, 1.82) is 0 Å². The summed E-state index contributed by atoms with van der Waals surface area (Å²) in [7, 11) is 0. The standard InChI is InChI=1S/C28H49BO2/c1-4-10-16-22-24(18-12-6-1)30-26-20-14-8-3-9-15-21-27-28(26)29(22)23-17-11-5-2-7-13-19-25(23)31-27/h22-28H,1-21H2. The van der Waals surface area contributed by atoms with Crippen LogP contribution in [0.15, 0.2) is 0 Å². The van der Waals surface area contributed by atoms with Crippen LogP contribution in [0.2, 0.25) is 17.5 Å². The Morgan fingerprint density at radius 2 is 0.677 bits per heavy atom. The first-order chi connectivity index (χ1) is 15.4. The maximum absolute atomic E-state index is 7.13. The molecule has 2 saturated heterocycles. The summed E-state index contributed by atoms with van der Waals surface area (Å²) in [6, 6.07) is 0. The molecule has 2 aliphatic heterocycles. The van der Waals surface area contributed by atoms with E-state index >= 15 is 0 Å². The Hall–Kier alpha value is -0.0151. The van der Waals surface area contributed by atoms with Crippen molar-refractivity contribution < 1.29 is 9.47 Å². The van der Waals surface area contributed by atoms with Crippen molar-refractivity contribution in [2.24, 2.45) is 0 Å². The van der Waals surface area contributed by atoms with Crippen LogP contribution in [0.25, 0.3) is 0 Å². The fourth-order valence-corrected chi connectivity index (χ4v) is 8.53. The van der Waals surface area contributed by atoms with E-state index in [1.807, 2.05) is 0 Å². The molecule has 3 saturated carbocycles. The average molecular weight is 429 g/mol. The predicted molar refractivity (Wildman–Crippen MR) is 131 cm³/mol. The molecular weight excluding hydrogens is 379 g/mol. The van der Waals surface area contributed by atoms with Crippen LogP contribution in [0, 0.1) is 0 Å². The Morgan fingerprint density at radius 1 is 0.355 bits per heavy atom. The second kappa shape index (κ2) is 11.4. The van der Waals surface area contributed by atoms with E-state index in [-0.39, 0.29) is 0 Å². The fourth-order valence-electron chi connectivity index (χ4n) is 8.53. The molecule has 5 aliphatic rings. The molecule has 176 valence electrons. The van der Waals surface area contributed by atoms with Gasteiger partial charge in [-0.25, -0.2) is 0 Å². The van der Waals surface area contributed by atoms with Gasteiger partial charge < -0.3 is 9.47 Å². The van der Waals surface area contributed by atoms with Gasteiger partial charge in [0.25, 0.3) is 0 Å². The molecule has 0 N–H and O–H groups in total. The van der Waals surface area contributed by atoms with Crippen molar-refractivity contribution >= 4 is 6.71 Å². The number of fused-ring (bicyclic) bond motifs is 4. The minimum atomic E-state index is 0.490. The molecule has 31 heavy (non-hydrogen) atoms. The van der Waals surface area contributed by atoms with Crippen LogP contribution in [-0.2, 0) is 9.47 Å². The van der Waals surface area contributed by atoms with Gasteiger partial charge in [-0.3, -0.25) is 0 Å². The molecule has 0 bridgehead atoms. The number of ether oxygens (including phenoxy) is 2. The molecule has 2 nitrogen and oxygen atoms in total. The van der Waals surface area contributed by atoms with Crippen molar-refractivity contribution in [2.45, 2.75) is 177 Å². The van der Waals surface area contributed by atoms with Crippen molar-refractivity contribution in [3.8, 4) is 0 Å². The molecule has 0 radical (unpaired) electrons. The van der Waals surface area contributed by atoms with Gasteiger partial charge in [-0.1, -0.05) is 109 Å². The summed E-state index contributed by atoms with van der Waals surface area (Å²) >= 11 is 0. The summed E-state index contributed by atoms with van der Waals surface area (Å²) < 4.78 is 14.3. The maximum Gasteiger partial charge on any atom is 0.162 e. The Morgan fingerprint density at radius 3 is 1.10 bits per heavy atom. The molecule has 0 aromatic rings. The molecule has 0 spiro atoms. The van der Waals surface area contributed by atoms with Crippen molar-refractivity contribution in [3.05, 3.63) is 0 Å². The summed E-state index contributed by atoms with van der Waals surface area (Å²) in [5, 5.41) is 0. The molecule has 3 heteroatoms. The molecule has 0 amide bonds. The number of hydrogen-bond donors (Lipinski definition) is 0. The number of hydrogen-bond acceptors (Lipinski definition) is 2. The normalized spacial score (nSPS) is 43.4. The molecule has 0 aromatic carbocycles. The second-order valence-electron chi connectivity index (χ2n) is 11.9. The van der Waals surface area contributed by atoms with Crippen molar-refractivity contribution in [3.63, 3.8) is 0 Å². The quantitative estimate of drug-likeness (QED) is 0.361. The van der Waals surface area contributed by atoms with Crippen molar-refractivity contribution in [1.82, 2.24) is 0 Å². The third kappa shape index (κ3) is 5.39. The highest BCUT2D eigenvalue weighted by Crippen LogP contribution is 2.56. The highest BCUT2D eigenvalue weighted by molar-refractivity contribution is 6.65. The molecular formula is C28H49BO2. The second-order valence-corrected chi connectivity index (χ2v) is 11.9. The van der Waals surface area contributed by atoms with Crippen LogP contribution >= 0.6 is 0 Å². The molecule has 5 fully saturated rings. The molecule has 3 aliphatic carbocycles. The highest BCUT2D eigenvalue weighted by Gasteiger charge is 2.57. The van der Waals surface area contributed by atoms with Crippen molar-refractivity contribution in [2.75, 3.05) is 0 Å². The van der Waals surface area contributed by atoms with E-state index in [1.165, 1.54) is 135 Å². The third-order valence-electron chi connectivity index (χ3n) is 9.98. The predicted octanol–water partition coefficient (Wildman–Crippen LogP) is 8.36. The van der Waals surface area contributed by atoms with E-state index in [0.717, 1.165) is 18.3 Å². The first kappa shape index (κ1) is 22.8. The average Bonchev–Trinajstić information content (AvgIpc) is 2.98. The third-order valence-corrected chi connectivity index (χ3v) is 9.98. The largest absolute Gasteiger partial charge is 0.376 e. The molecule has 6 atom stereocenters. The molecule has 6 unspecified atom stereocenters. The van der Waals surface area contributed by atoms with Gasteiger partial charge in [0.15, 0.2) is 6.71 Å². The highest BCUT2D eigenvalue weighted by atomic mass is 16.5. The van der Waals surface area contributed by atoms with Crippen LogP contribution in [-0.4, -0.2) is 31.1 Å². The monoisotopic (exact) mass is 428 g/mol. The SMILES string of the molecule is C1CCCC2OC3CCCCCCCC3B3C4CCCCCCCC4OC(CCC1)C32. The van der Waals surface area contributed by atoms with E-state index < -0.39 is 0 Å². The summed E-state index contributed by atoms with van der Waals surface area (Å²) in [6.07, 6.45) is 31.7. The number of rotatable bonds is 0. The Labute approximate surface area is 193 Å². The zero-order chi connectivity index (χ0) is 20.9. The molecule has 0 aromatic heterocycles. The van der Waals surface area contributed by atoms with Crippen LogP contribution in [0.1, 0.15) is 135 Å². The van der Waals surface area contributed by atoms with Gasteiger partial charge in [0.05, 0.1) is 24.4 Å². The van der Waals surface area contributed by atoms with E-state index in [2.05, 4.69) is 0 Å². The van der Waals surface area contributed by atoms with Gasteiger partial charge in [-0.05, 0) is 43.1 Å². The van der Waals surface area contributed by atoms with Gasteiger partial charge in [0.2, 0.25) is 0 Å². The summed E-state index contributed by atoms with van der Waals surface area (Å²) in [5.74, 6) is 2.34. The summed E-state index contributed by atoms with van der Waals surface area (Å²) in [6.45, 7) is 0.892. The van der Waals surface area contributed by atoms with Crippen LogP contribution in [0.3, 0.4) is 0 Å². The minimum absolute atomic E-state index is 0.490. The van der Waals surface area contributed by atoms with Gasteiger partial charge in [0, 0.05) is 0 Å². The Balaban J connectivity index is 1.48. The van der Waals surface area contributed by atoms with Gasteiger partial charge >= 0.3 is 0 Å². The lowest BCUT2D eigenvalue weighted by atomic mass is 9.21. The fraction of sp³-hybridized carbons (Fsp3) is 1.00. The molecule has 5 rings (SSSR count). The lowest BCUT2D eigenvalue weighted by Gasteiger charge is -2.56. The Kier molecular flexibility index (Phi) is 8.38. The minimum Gasteiger partial charge on any atom is -0.376 e. The van der Waals surface area contributed by atoms with E-state index in [1.54, 1.807) is 0 Å². The van der Waals surface area contributed by atoms with Gasteiger partial charge in [0.1, 0.15) is 0 Å². The van der Waals surface area contributed by atoms with E-state index in [4.69, 9.17) is 9.47 Å². The van der Waals surface area contributed by atoms with Crippen LogP contribution in [0.4, 0.5) is 0 Å². The lowest BCUT2D eigenvalue weighted by molar-refractivity contribution is -0.112. The first-order valence-corrected chi connectivity index (χ1v) is 14.7. The zero-order valence-electron chi connectivity index (χ0n) is 20.3. The van der Waals surface area contributed by atoms with Crippen LogP contribution < -0.4 is 0 Å². The topological polar surface area (TPSA) is 18.5 Å². The summed E-state index contributed by atoms with van der Waals surface area (Å²) in [5.41, 5.74) is 0. The smallest absolute Gasteiger partial charge is 0.162 e. The zero-order valence-corrected chi connectivity index (χ0v) is 20.3. The maximum atomic E-state index is 7.13. The summed E-state index contributed by atoms with van der Waals surface area (Å²) in [4.78, 5) is 0.